The van der Waals surface area contributed by atoms with Gasteiger partial charge in [-0.3, -0.25) is 0 Å². The molecule has 5 rings (SSSR count). The first-order valence-electron chi connectivity index (χ1n) is 12.3. The number of nitrogens with zero attached hydrogens (tertiary/aromatic N) is 3. The minimum absolute atomic E-state index is 0.129. The fourth-order valence-corrected chi connectivity index (χ4v) is 5.58. The van der Waals surface area contributed by atoms with E-state index in [1.54, 1.807) is 4.90 Å². The molecule has 1 saturated carbocycles. The smallest absolute Gasteiger partial charge is 0.361 e. The molecule has 1 aliphatic carbocycles. The summed E-state index contributed by atoms with van der Waals surface area (Å²) in [5.41, 5.74) is 2.18. The number of alkyl halides is 3. The second kappa shape index (κ2) is 10.5. The van der Waals surface area contributed by atoms with Crippen molar-refractivity contribution >= 4 is 40.7 Å². The number of benzene rings is 2. The minimum Gasteiger partial charge on any atom is -0.361 e. The number of nitrogens with one attached hydrogen (secondary N) is 2. The fourth-order valence-electron chi connectivity index (χ4n) is 5.29. The summed E-state index contributed by atoms with van der Waals surface area (Å²) in [5.74, 6) is 0.0243. The third-order valence-electron chi connectivity index (χ3n) is 7.25. The molecule has 10 heteroatoms. The molecule has 0 atom stereocenters. The van der Waals surface area contributed by atoms with Gasteiger partial charge in [-0.05, 0) is 53.9 Å². The van der Waals surface area contributed by atoms with Crippen LogP contribution in [0.1, 0.15) is 54.5 Å². The van der Waals surface area contributed by atoms with Crippen molar-refractivity contribution in [2.75, 3.05) is 16.8 Å². The number of fused-ring (bicyclic) bond motifs is 1. The van der Waals surface area contributed by atoms with Crippen LogP contribution in [-0.2, 0) is 24.7 Å². The molecule has 1 aromatic heterocycles. The maximum Gasteiger partial charge on any atom is 0.433 e. The molecule has 0 amide bonds. The highest BCUT2D eigenvalue weighted by atomic mass is 35.5. The highest BCUT2D eigenvalue weighted by Crippen LogP contribution is 2.39. The SMILES string of the molecule is FC(F)(F)c1cc(N2Cc3ccccc3C2)nc(NC(=S)NCC2(c3ccc(Cl)cc3)CCCCC2)n1. The van der Waals surface area contributed by atoms with Crippen molar-refractivity contribution < 1.29 is 13.2 Å². The second-order valence-corrected chi connectivity index (χ2v) is 10.6. The standard InChI is InChI=1S/C27H27ClF3N5S/c28-21-10-8-20(9-11-21)26(12-4-1-5-13-26)17-32-25(37)35-24-33-22(27(29,30)31)14-23(34-24)36-15-18-6-2-3-7-19(18)16-36/h2-3,6-11,14H,1,4-5,12-13,15-17H2,(H2,32,33,34,35,37). The average molecular weight is 546 g/mol. The van der Waals surface area contributed by atoms with Gasteiger partial charge in [0, 0.05) is 36.1 Å². The highest BCUT2D eigenvalue weighted by molar-refractivity contribution is 7.80. The van der Waals surface area contributed by atoms with Gasteiger partial charge < -0.3 is 15.5 Å². The van der Waals surface area contributed by atoms with E-state index in [-0.39, 0.29) is 22.3 Å². The summed E-state index contributed by atoms with van der Waals surface area (Å²) in [7, 11) is 0. The molecule has 5 nitrogen and oxygen atoms in total. The van der Waals surface area contributed by atoms with E-state index in [1.807, 2.05) is 48.5 Å². The van der Waals surface area contributed by atoms with Crippen LogP contribution in [-0.4, -0.2) is 21.6 Å². The van der Waals surface area contributed by atoms with Crippen LogP contribution in [0.3, 0.4) is 0 Å². The molecule has 1 aliphatic heterocycles. The first kappa shape index (κ1) is 25.7. The molecule has 0 unspecified atom stereocenters. The maximum atomic E-state index is 13.7. The molecule has 194 valence electrons. The van der Waals surface area contributed by atoms with E-state index >= 15 is 0 Å². The van der Waals surface area contributed by atoms with Gasteiger partial charge in [0.25, 0.3) is 0 Å². The Labute approximate surface area is 224 Å². The average Bonchev–Trinajstić information content (AvgIpc) is 3.32. The second-order valence-electron chi connectivity index (χ2n) is 9.71. The van der Waals surface area contributed by atoms with Crippen molar-refractivity contribution in [1.29, 1.82) is 0 Å². The van der Waals surface area contributed by atoms with Crippen molar-refractivity contribution in [3.63, 3.8) is 0 Å². The number of hydrogen-bond donors (Lipinski definition) is 2. The van der Waals surface area contributed by atoms with Crippen molar-refractivity contribution in [3.8, 4) is 0 Å². The molecule has 0 bridgehead atoms. The van der Waals surface area contributed by atoms with Crippen LogP contribution >= 0.6 is 23.8 Å². The zero-order chi connectivity index (χ0) is 26.0. The summed E-state index contributed by atoms with van der Waals surface area (Å²) in [6, 6.07) is 16.6. The molecular formula is C27H27ClF3N5S. The summed E-state index contributed by atoms with van der Waals surface area (Å²) in [5, 5.41) is 6.90. The van der Waals surface area contributed by atoms with Crippen LogP contribution in [0.25, 0.3) is 0 Å². The Balaban J connectivity index is 1.33. The summed E-state index contributed by atoms with van der Waals surface area (Å²) in [6.45, 7) is 1.51. The van der Waals surface area contributed by atoms with Gasteiger partial charge >= 0.3 is 6.18 Å². The van der Waals surface area contributed by atoms with Crippen LogP contribution in [0, 0.1) is 0 Å². The summed E-state index contributed by atoms with van der Waals surface area (Å²) in [6.07, 6.45) is 0.745. The lowest BCUT2D eigenvalue weighted by atomic mass is 9.69. The third kappa shape index (κ3) is 5.83. The monoisotopic (exact) mass is 545 g/mol. The van der Waals surface area contributed by atoms with Crippen molar-refractivity contribution in [2.24, 2.45) is 0 Å². The number of hydrogen-bond acceptors (Lipinski definition) is 4. The van der Waals surface area contributed by atoms with Crippen LogP contribution in [0.5, 0.6) is 0 Å². The molecule has 2 heterocycles. The Morgan fingerprint density at radius 2 is 1.62 bits per heavy atom. The van der Waals surface area contributed by atoms with E-state index in [4.69, 9.17) is 23.8 Å². The highest BCUT2D eigenvalue weighted by Gasteiger charge is 2.36. The predicted octanol–water partition coefficient (Wildman–Crippen LogP) is 6.86. The van der Waals surface area contributed by atoms with E-state index < -0.39 is 11.9 Å². The molecule has 2 aliphatic rings. The molecule has 3 aromatic rings. The van der Waals surface area contributed by atoms with Crippen LogP contribution in [0.15, 0.2) is 54.6 Å². The van der Waals surface area contributed by atoms with Crippen molar-refractivity contribution in [2.45, 2.75) is 56.8 Å². The van der Waals surface area contributed by atoms with Gasteiger partial charge in [-0.1, -0.05) is 67.3 Å². The number of rotatable bonds is 5. The topological polar surface area (TPSA) is 53.1 Å². The van der Waals surface area contributed by atoms with Gasteiger partial charge in [-0.2, -0.15) is 18.2 Å². The lowest BCUT2D eigenvalue weighted by molar-refractivity contribution is -0.141. The van der Waals surface area contributed by atoms with Gasteiger partial charge in [0.15, 0.2) is 10.8 Å². The van der Waals surface area contributed by atoms with Gasteiger partial charge in [-0.25, -0.2) is 4.98 Å². The molecule has 2 N–H and O–H groups in total. The first-order chi connectivity index (χ1) is 17.7. The molecule has 0 radical (unpaired) electrons. The summed E-state index contributed by atoms with van der Waals surface area (Å²) in [4.78, 5) is 9.93. The third-order valence-corrected chi connectivity index (χ3v) is 7.75. The van der Waals surface area contributed by atoms with Crippen LogP contribution < -0.4 is 15.5 Å². The maximum absolute atomic E-state index is 13.7. The molecule has 2 aromatic carbocycles. The predicted molar refractivity (Wildman–Crippen MR) is 144 cm³/mol. The lowest BCUT2D eigenvalue weighted by Crippen LogP contribution is -2.43. The molecule has 1 fully saturated rings. The zero-order valence-corrected chi connectivity index (χ0v) is 21.7. The molecular weight excluding hydrogens is 519 g/mol. The normalized spacial score (nSPS) is 16.8. The molecule has 0 spiro atoms. The van der Waals surface area contributed by atoms with Gasteiger partial charge in [0.05, 0.1) is 0 Å². The van der Waals surface area contributed by atoms with Gasteiger partial charge in [0.1, 0.15) is 5.82 Å². The number of anilines is 2. The van der Waals surface area contributed by atoms with Gasteiger partial charge in [-0.15, -0.1) is 0 Å². The number of thiocarbonyl (C=S) groups is 1. The lowest BCUT2D eigenvalue weighted by Gasteiger charge is -2.38. The van der Waals surface area contributed by atoms with E-state index in [1.165, 1.54) is 12.0 Å². The Morgan fingerprint density at radius 3 is 2.24 bits per heavy atom. The quantitative estimate of drug-likeness (QED) is 0.342. The van der Waals surface area contributed by atoms with Gasteiger partial charge in [0.2, 0.25) is 5.95 Å². The van der Waals surface area contributed by atoms with E-state index in [2.05, 4.69) is 20.6 Å². The Hall–Kier alpha value is -2.91. The van der Waals surface area contributed by atoms with E-state index in [0.717, 1.165) is 42.9 Å². The molecule has 37 heavy (non-hydrogen) atoms. The van der Waals surface area contributed by atoms with E-state index in [0.29, 0.717) is 24.7 Å². The zero-order valence-electron chi connectivity index (χ0n) is 20.1. The summed E-state index contributed by atoms with van der Waals surface area (Å²) >= 11 is 11.6. The first-order valence-corrected chi connectivity index (χ1v) is 13.1. The van der Waals surface area contributed by atoms with Crippen molar-refractivity contribution in [3.05, 3.63) is 82.0 Å². The van der Waals surface area contributed by atoms with Crippen molar-refractivity contribution in [1.82, 2.24) is 15.3 Å². The number of halogens is 4. The fraction of sp³-hybridized carbons (Fsp3) is 0.370. The molecule has 0 saturated heterocycles. The Bertz CT molecular complexity index is 1250. The summed E-state index contributed by atoms with van der Waals surface area (Å²) < 4.78 is 41.1. The van der Waals surface area contributed by atoms with E-state index in [9.17, 15) is 13.2 Å². The minimum atomic E-state index is -4.61. The largest absolute Gasteiger partial charge is 0.433 e. The number of aromatic nitrogens is 2. The Morgan fingerprint density at radius 1 is 0.973 bits per heavy atom. The Kier molecular flexibility index (Phi) is 7.27. The van der Waals surface area contributed by atoms with Crippen LogP contribution in [0.4, 0.5) is 24.9 Å². The van der Waals surface area contributed by atoms with Crippen LogP contribution in [0.2, 0.25) is 5.02 Å².